The molecule has 0 aromatic heterocycles. The standard InChI is InChI=1S/C4H3ClN2S2/c5-2-3(8)6-1-7-4(2)9/h1-2H,(H,6,7,8,9). The molecular formula is C4H3ClN2S2. The van der Waals surface area contributed by atoms with Gasteiger partial charge in [-0.05, 0) is 0 Å². The Balaban J connectivity index is 2.81. The highest BCUT2D eigenvalue weighted by molar-refractivity contribution is 7.82. The zero-order chi connectivity index (χ0) is 6.85. The molecule has 0 fully saturated rings. The summed E-state index contributed by atoms with van der Waals surface area (Å²) in [5.74, 6) is 0. The van der Waals surface area contributed by atoms with Gasteiger partial charge in [-0.3, -0.25) is 0 Å². The van der Waals surface area contributed by atoms with Gasteiger partial charge in [0, 0.05) is 0 Å². The van der Waals surface area contributed by atoms with Gasteiger partial charge in [-0.25, -0.2) is 4.99 Å². The highest BCUT2D eigenvalue weighted by atomic mass is 35.5. The van der Waals surface area contributed by atoms with Crippen molar-refractivity contribution in [3.63, 3.8) is 0 Å². The van der Waals surface area contributed by atoms with Crippen LogP contribution in [0.2, 0.25) is 0 Å². The second kappa shape index (κ2) is 2.68. The van der Waals surface area contributed by atoms with E-state index in [1.165, 1.54) is 6.34 Å². The summed E-state index contributed by atoms with van der Waals surface area (Å²) in [6.45, 7) is 0. The monoisotopic (exact) mass is 178 g/mol. The van der Waals surface area contributed by atoms with E-state index in [2.05, 4.69) is 10.3 Å². The number of hydrogen-bond donors (Lipinski definition) is 1. The summed E-state index contributed by atoms with van der Waals surface area (Å²) >= 11 is 15.2. The minimum atomic E-state index is -0.403. The van der Waals surface area contributed by atoms with Gasteiger partial charge in [0.05, 0.1) is 6.34 Å². The van der Waals surface area contributed by atoms with Crippen molar-refractivity contribution in [1.82, 2.24) is 5.32 Å². The first-order valence-electron chi connectivity index (χ1n) is 2.22. The van der Waals surface area contributed by atoms with Crippen molar-refractivity contribution in [3.05, 3.63) is 0 Å². The second-order valence-corrected chi connectivity index (χ2v) is 2.76. The molecule has 9 heavy (non-hydrogen) atoms. The highest BCUT2D eigenvalue weighted by Gasteiger charge is 2.17. The van der Waals surface area contributed by atoms with E-state index >= 15 is 0 Å². The smallest absolute Gasteiger partial charge is 0.136 e. The van der Waals surface area contributed by atoms with E-state index in [-0.39, 0.29) is 0 Å². The molecule has 1 atom stereocenters. The second-order valence-electron chi connectivity index (χ2n) is 1.47. The Morgan fingerprint density at radius 3 is 2.78 bits per heavy atom. The first-order valence-corrected chi connectivity index (χ1v) is 3.48. The van der Waals surface area contributed by atoms with Crippen molar-refractivity contribution in [2.24, 2.45) is 4.99 Å². The molecule has 0 bridgehead atoms. The fourth-order valence-electron chi connectivity index (χ4n) is 0.410. The quantitative estimate of drug-likeness (QED) is 0.440. The molecule has 1 rings (SSSR count). The first kappa shape index (κ1) is 7.05. The van der Waals surface area contributed by atoms with Crippen LogP contribution in [0.4, 0.5) is 0 Å². The number of alkyl halides is 1. The predicted octanol–water partition coefficient (Wildman–Crippen LogP) is 0.880. The zero-order valence-corrected chi connectivity index (χ0v) is 6.69. The van der Waals surface area contributed by atoms with Crippen LogP contribution in [0.5, 0.6) is 0 Å². The van der Waals surface area contributed by atoms with Crippen molar-refractivity contribution >= 4 is 52.4 Å². The summed E-state index contributed by atoms with van der Waals surface area (Å²) < 4.78 is 0. The molecule has 1 aliphatic heterocycles. The first-order chi connectivity index (χ1) is 4.22. The van der Waals surface area contributed by atoms with Crippen molar-refractivity contribution < 1.29 is 0 Å². The van der Waals surface area contributed by atoms with Crippen molar-refractivity contribution in [2.75, 3.05) is 0 Å². The molecule has 0 radical (unpaired) electrons. The SMILES string of the molecule is S=C1N=CNC(=S)C1Cl. The van der Waals surface area contributed by atoms with Crippen LogP contribution < -0.4 is 5.32 Å². The van der Waals surface area contributed by atoms with Crippen molar-refractivity contribution in [1.29, 1.82) is 0 Å². The van der Waals surface area contributed by atoms with E-state index in [1.54, 1.807) is 0 Å². The maximum absolute atomic E-state index is 5.66. The molecule has 0 saturated heterocycles. The van der Waals surface area contributed by atoms with Gasteiger partial charge in [0.15, 0.2) is 0 Å². The van der Waals surface area contributed by atoms with Crippen LogP contribution in [-0.2, 0) is 0 Å². The third-order valence-electron chi connectivity index (χ3n) is 0.846. The molecule has 0 saturated carbocycles. The number of aliphatic imine (C=N–C) groups is 1. The summed E-state index contributed by atoms with van der Waals surface area (Å²) in [6, 6.07) is 0. The number of halogens is 1. The van der Waals surface area contributed by atoms with E-state index in [1.807, 2.05) is 0 Å². The number of rotatable bonds is 0. The van der Waals surface area contributed by atoms with Crippen molar-refractivity contribution in [2.45, 2.75) is 5.38 Å². The van der Waals surface area contributed by atoms with Crippen LogP contribution >= 0.6 is 36.0 Å². The summed E-state index contributed by atoms with van der Waals surface area (Å²) in [4.78, 5) is 4.69. The number of hydrogen-bond acceptors (Lipinski definition) is 2. The molecular weight excluding hydrogens is 176 g/mol. The molecule has 1 N–H and O–H groups in total. The number of nitrogens with one attached hydrogen (secondary N) is 1. The van der Waals surface area contributed by atoms with Crippen LogP contribution in [0, 0.1) is 0 Å². The van der Waals surface area contributed by atoms with Crippen LogP contribution in [-0.4, -0.2) is 21.7 Å². The predicted molar refractivity (Wildman–Crippen MR) is 46.5 cm³/mol. The van der Waals surface area contributed by atoms with Gasteiger partial charge >= 0.3 is 0 Å². The summed E-state index contributed by atoms with van der Waals surface area (Å²) in [6.07, 6.45) is 1.45. The zero-order valence-electron chi connectivity index (χ0n) is 4.30. The highest BCUT2D eigenvalue weighted by Crippen LogP contribution is 2.04. The minimum Gasteiger partial charge on any atom is -0.339 e. The van der Waals surface area contributed by atoms with Gasteiger partial charge < -0.3 is 5.32 Å². The Morgan fingerprint density at radius 1 is 1.67 bits per heavy atom. The van der Waals surface area contributed by atoms with Gasteiger partial charge in [-0.2, -0.15) is 0 Å². The largest absolute Gasteiger partial charge is 0.339 e. The Hall–Kier alpha value is -0.0600. The van der Waals surface area contributed by atoms with Crippen LogP contribution in [0.25, 0.3) is 0 Å². The molecule has 1 aliphatic rings. The maximum atomic E-state index is 5.66. The average molecular weight is 179 g/mol. The third kappa shape index (κ3) is 1.44. The van der Waals surface area contributed by atoms with E-state index < -0.39 is 5.38 Å². The molecule has 5 heteroatoms. The summed E-state index contributed by atoms with van der Waals surface area (Å²) in [5, 5.41) is 2.28. The molecule has 0 aromatic rings. The lowest BCUT2D eigenvalue weighted by Crippen LogP contribution is -2.37. The Kier molecular flexibility index (Phi) is 2.10. The summed E-state index contributed by atoms with van der Waals surface area (Å²) in [5.41, 5.74) is 0. The average Bonchev–Trinajstić information content (AvgIpc) is 1.83. The molecule has 0 spiro atoms. The molecule has 0 amide bonds. The van der Waals surface area contributed by atoms with E-state index in [9.17, 15) is 0 Å². The van der Waals surface area contributed by atoms with Crippen LogP contribution in [0.15, 0.2) is 4.99 Å². The fraction of sp³-hybridized carbons (Fsp3) is 0.250. The van der Waals surface area contributed by atoms with Gasteiger partial charge in [0.1, 0.15) is 15.4 Å². The van der Waals surface area contributed by atoms with Gasteiger partial charge in [-0.1, -0.05) is 24.4 Å². The molecule has 48 valence electrons. The van der Waals surface area contributed by atoms with Gasteiger partial charge in [0.2, 0.25) is 0 Å². The molecule has 0 aliphatic carbocycles. The molecule has 1 unspecified atom stereocenters. The van der Waals surface area contributed by atoms with Gasteiger partial charge in [-0.15, -0.1) is 11.6 Å². The topological polar surface area (TPSA) is 24.4 Å². The number of nitrogens with zero attached hydrogens (tertiary/aromatic N) is 1. The van der Waals surface area contributed by atoms with E-state index in [0.29, 0.717) is 9.98 Å². The van der Waals surface area contributed by atoms with Gasteiger partial charge in [0.25, 0.3) is 0 Å². The maximum Gasteiger partial charge on any atom is 0.136 e. The summed E-state index contributed by atoms with van der Waals surface area (Å²) in [7, 11) is 0. The lowest BCUT2D eigenvalue weighted by molar-refractivity contribution is 1.33. The Bertz CT molecular complexity index is 189. The normalized spacial score (nSPS) is 26.1. The minimum absolute atomic E-state index is 0.403. The Morgan fingerprint density at radius 2 is 2.33 bits per heavy atom. The Labute approximate surface area is 68.3 Å². The van der Waals surface area contributed by atoms with Crippen molar-refractivity contribution in [3.8, 4) is 0 Å². The lowest BCUT2D eigenvalue weighted by atomic mass is 10.4. The molecule has 1 heterocycles. The third-order valence-corrected chi connectivity index (χ3v) is 2.22. The molecule has 0 aromatic carbocycles. The van der Waals surface area contributed by atoms with E-state index in [4.69, 9.17) is 36.0 Å². The number of thiocarbonyl (C=S) groups is 2. The van der Waals surface area contributed by atoms with Crippen LogP contribution in [0.1, 0.15) is 0 Å². The molecule has 2 nitrogen and oxygen atoms in total. The van der Waals surface area contributed by atoms with E-state index in [0.717, 1.165) is 0 Å². The van der Waals surface area contributed by atoms with Crippen LogP contribution in [0.3, 0.4) is 0 Å². The lowest BCUT2D eigenvalue weighted by Gasteiger charge is -2.12. The fourth-order valence-corrected chi connectivity index (χ4v) is 0.939.